The summed E-state index contributed by atoms with van der Waals surface area (Å²) in [5.41, 5.74) is 5.84. The van der Waals surface area contributed by atoms with Gasteiger partial charge in [-0.15, -0.1) is 0 Å². The minimum Gasteiger partial charge on any atom is -0.487 e. The van der Waals surface area contributed by atoms with Gasteiger partial charge >= 0.3 is 0 Å². The maximum Gasteiger partial charge on any atom is 0.182 e. The van der Waals surface area contributed by atoms with Crippen LogP contribution in [0.1, 0.15) is 12.5 Å². The van der Waals surface area contributed by atoms with Crippen LogP contribution in [0.5, 0.6) is 11.5 Å². The highest BCUT2D eigenvalue weighted by Gasteiger charge is 2.09. The van der Waals surface area contributed by atoms with Gasteiger partial charge in [-0.05, 0) is 64.6 Å². The summed E-state index contributed by atoms with van der Waals surface area (Å²) in [4.78, 5) is 8.17. The highest BCUT2D eigenvalue weighted by molar-refractivity contribution is 5.62. The van der Waals surface area contributed by atoms with E-state index in [4.69, 9.17) is 9.47 Å². The van der Waals surface area contributed by atoms with E-state index in [0.29, 0.717) is 13.2 Å². The Morgan fingerprint density at radius 1 is 0.579 bits per heavy atom. The van der Waals surface area contributed by atoms with Gasteiger partial charge in [-0.1, -0.05) is 13.0 Å². The summed E-state index contributed by atoms with van der Waals surface area (Å²) < 4.78 is 16.5. The predicted molar refractivity (Wildman–Crippen MR) is 147 cm³/mol. The van der Waals surface area contributed by atoms with Gasteiger partial charge in [0.1, 0.15) is 24.7 Å². The molecule has 0 aliphatic rings. The zero-order chi connectivity index (χ0) is 26.0. The smallest absolute Gasteiger partial charge is 0.182 e. The zero-order valence-electron chi connectivity index (χ0n) is 21.6. The van der Waals surface area contributed by atoms with Crippen molar-refractivity contribution in [3.8, 4) is 33.8 Å². The van der Waals surface area contributed by atoms with E-state index in [1.165, 1.54) is 16.7 Å². The van der Waals surface area contributed by atoms with Crippen molar-refractivity contribution in [2.45, 2.75) is 26.4 Å². The van der Waals surface area contributed by atoms with Crippen LogP contribution < -0.4 is 18.6 Å². The Morgan fingerprint density at radius 2 is 1.05 bits per heavy atom. The first-order valence-corrected chi connectivity index (χ1v) is 13.0. The predicted octanol–water partition coefficient (Wildman–Crippen LogP) is 5.11. The lowest BCUT2D eigenvalue weighted by atomic mass is 10.1. The number of ether oxygens (including phenoxy) is 2. The highest BCUT2D eigenvalue weighted by atomic mass is 16.5. The summed E-state index contributed by atoms with van der Waals surface area (Å²) in [5.74, 6) is 1.70. The number of nitrogens with zero attached hydrogens (tertiary/aromatic N) is 4. The van der Waals surface area contributed by atoms with Gasteiger partial charge in [0, 0.05) is 55.1 Å². The first kappa shape index (κ1) is 25.1. The van der Waals surface area contributed by atoms with Gasteiger partial charge in [-0.2, -0.15) is 0 Å². The number of benzene rings is 1. The fraction of sp³-hybridized carbons (Fsp3) is 0.188. The SMILES string of the molecule is CCc1ccc(OCC[n+]2ccc(-c3ccncc3)cc2)cc1OCC[n+]1ccc(-c2ccncc2)cc1. The van der Waals surface area contributed by atoms with Gasteiger partial charge in [-0.3, -0.25) is 9.97 Å². The molecule has 38 heavy (non-hydrogen) atoms. The van der Waals surface area contributed by atoms with E-state index < -0.39 is 0 Å². The molecule has 0 aliphatic carbocycles. The summed E-state index contributed by atoms with van der Waals surface area (Å²) >= 11 is 0. The molecule has 190 valence electrons. The number of aryl methyl sites for hydroxylation is 1. The molecule has 0 spiro atoms. The fourth-order valence-corrected chi connectivity index (χ4v) is 4.27. The van der Waals surface area contributed by atoms with Crippen molar-refractivity contribution in [3.63, 3.8) is 0 Å². The Hall–Kier alpha value is -4.58. The molecule has 5 aromatic rings. The van der Waals surface area contributed by atoms with Gasteiger partial charge < -0.3 is 9.47 Å². The minimum absolute atomic E-state index is 0.573. The molecule has 0 bridgehead atoms. The van der Waals surface area contributed by atoms with E-state index in [9.17, 15) is 0 Å². The second-order valence-electron chi connectivity index (χ2n) is 8.94. The van der Waals surface area contributed by atoms with Gasteiger partial charge in [0.05, 0.1) is 0 Å². The lowest BCUT2D eigenvalue weighted by Crippen LogP contribution is -2.35. The van der Waals surface area contributed by atoms with E-state index in [1.807, 2.05) is 61.2 Å². The fourth-order valence-electron chi connectivity index (χ4n) is 4.27. The van der Waals surface area contributed by atoms with Crippen LogP contribution in [-0.2, 0) is 19.5 Å². The van der Waals surface area contributed by atoms with Crippen molar-refractivity contribution >= 4 is 0 Å². The summed E-state index contributed by atoms with van der Waals surface area (Å²) in [5, 5.41) is 0. The first-order chi connectivity index (χ1) is 18.8. The Kier molecular flexibility index (Phi) is 8.31. The molecule has 0 N–H and O–H groups in total. The van der Waals surface area contributed by atoms with Gasteiger partial charge in [0.25, 0.3) is 0 Å². The highest BCUT2D eigenvalue weighted by Crippen LogP contribution is 2.25. The molecule has 0 radical (unpaired) electrons. The first-order valence-electron chi connectivity index (χ1n) is 13.0. The van der Waals surface area contributed by atoms with E-state index in [0.717, 1.165) is 42.1 Å². The molecule has 0 fully saturated rings. The van der Waals surface area contributed by atoms with Gasteiger partial charge in [0.15, 0.2) is 37.9 Å². The second-order valence-corrected chi connectivity index (χ2v) is 8.94. The van der Waals surface area contributed by atoms with Crippen LogP contribution in [0.25, 0.3) is 22.3 Å². The third-order valence-corrected chi connectivity index (χ3v) is 6.45. The Morgan fingerprint density at radius 3 is 1.55 bits per heavy atom. The second kappa shape index (κ2) is 12.6. The standard InChI is InChI=1S/C32H32N4O2/c1-2-26-3-4-31(37-23-21-35-17-9-29(10-18-35)27-5-13-33-14-6-27)25-32(26)38-24-22-36-19-11-30(12-20-36)28-7-15-34-16-8-28/h3-20,25H,2,21-24H2,1H3/q+2. The van der Waals surface area contributed by atoms with Crippen LogP contribution in [-0.4, -0.2) is 23.2 Å². The summed E-state index contributed by atoms with van der Waals surface area (Å²) in [6.07, 6.45) is 16.5. The minimum atomic E-state index is 0.573. The largest absolute Gasteiger partial charge is 0.487 e. The maximum absolute atomic E-state index is 6.19. The van der Waals surface area contributed by atoms with Crippen LogP contribution in [0, 0.1) is 0 Å². The lowest BCUT2D eigenvalue weighted by molar-refractivity contribution is -0.697. The molecule has 5 rings (SSSR count). The van der Waals surface area contributed by atoms with Crippen LogP contribution >= 0.6 is 0 Å². The molecule has 4 aromatic heterocycles. The third-order valence-electron chi connectivity index (χ3n) is 6.45. The third kappa shape index (κ3) is 6.59. The molecule has 6 heteroatoms. The van der Waals surface area contributed by atoms with E-state index in [1.54, 1.807) is 0 Å². The molecular weight excluding hydrogens is 472 g/mol. The molecule has 6 nitrogen and oxygen atoms in total. The van der Waals surface area contributed by atoms with Crippen molar-refractivity contribution in [1.29, 1.82) is 0 Å². The lowest BCUT2D eigenvalue weighted by Gasteiger charge is -2.12. The number of hydrogen-bond donors (Lipinski definition) is 0. The number of rotatable bonds is 11. The number of aromatic nitrogens is 4. The molecular formula is C32H32N4O2+2. The van der Waals surface area contributed by atoms with Crippen molar-refractivity contribution in [3.05, 3.63) is 122 Å². The Balaban J connectivity index is 1.13. The number of pyridine rings is 4. The average molecular weight is 505 g/mol. The molecule has 0 aliphatic heterocycles. The van der Waals surface area contributed by atoms with Crippen LogP contribution in [0.2, 0.25) is 0 Å². The monoisotopic (exact) mass is 504 g/mol. The molecule has 0 atom stereocenters. The van der Waals surface area contributed by atoms with E-state index >= 15 is 0 Å². The molecule has 0 unspecified atom stereocenters. The zero-order valence-corrected chi connectivity index (χ0v) is 21.6. The van der Waals surface area contributed by atoms with Gasteiger partial charge in [0.2, 0.25) is 0 Å². The van der Waals surface area contributed by atoms with Crippen molar-refractivity contribution < 1.29 is 18.6 Å². The summed E-state index contributed by atoms with van der Waals surface area (Å²) in [6, 6.07) is 22.6. The van der Waals surface area contributed by atoms with Crippen molar-refractivity contribution in [2.24, 2.45) is 0 Å². The van der Waals surface area contributed by atoms with Crippen molar-refractivity contribution in [1.82, 2.24) is 9.97 Å². The Labute approximate surface area is 223 Å². The maximum atomic E-state index is 6.19. The van der Waals surface area contributed by atoms with Crippen LogP contribution in [0.4, 0.5) is 0 Å². The van der Waals surface area contributed by atoms with Crippen LogP contribution in [0.3, 0.4) is 0 Å². The molecule has 0 saturated carbocycles. The number of hydrogen-bond acceptors (Lipinski definition) is 4. The summed E-state index contributed by atoms with van der Waals surface area (Å²) in [6.45, 7) is 4.81. The molecule has 1 aromatic carbocycles. The topological polar surface area (TPSA) is 52.0 Å². The quantitative estimate of drug-likeness (QED) is 0.235. The Bertz CT molecular complexity index is 1420. The van der Waals surface area contributed by atoms with Gasteiger partial charge in [-0.25, -0.2) is 9.13 Å². The van der Waals surface area contributed by atoms with E-state index in [2.05, 4.69) is 81.1 Å². The molecule has 0 saturated heterocycles. The molecule has 0 amide bonds. The summed E-state index contributed by atoms with van der Waals surface area (Å²) in [7, 11) is 0. The molecule has 4 heterocycles. The van der Waals surface area contributed by atoms with Crippen molar-refractivity contribution in [2.75, 3.05) is 13.2 Å². The normalized spacial score (nSPS) is 10.8. The van der Waals surface area contributed by atoms with Crippen LogP contribution in [0.15, 0.2) is 116 Å². The average Bonchev–Trinajstić information content (AvgIpc) is 2.99. The van der Waals surface area contributed by atoms with E-state index in [-0.39, 0.29) is 0 Å².